The molecule has 1 aromatic carbocycles. The number of methoxy groups -OCH3 is 1. The first-order valence-corrected chi connectivity index (χ1v) is 5.67. The number of hydrogen-bond acceptors (Lipinski definition) is 3. The lowest BCUT2D eigenvalue weighted by Gasteiger charge is -2.08. The molecule has 0 N–H and O–H groups in total. The van der Waals surface area contributed by atoms with Crippen molar-refractivity contribution in [3.63, 3.8) is 0 Å². The molecule has 0 radical (unpaired) electrons. The molecule has 2 aromatic rings. The van der Waals surface area contributed by atoms with Gasteiger partial charge in [-0.3, -0.25) is 0 Å². The monoisotopic (exact) mass is 248 g/mol. The second-order valence-corrected chi connectivity index (χ2v) is 4.13. The predicted octanol–water partition coefficient (Wildman–Crippen LogP) is 3.25. The van der Waals surface area contributed by atoms with Crippen molar-refractivity contribution in [1.82, 2.24) is 9.97 Å². The Morgan fingerprint density at radius 1 is 1.24 bits per heavy atom. The van der Waals surface area contributed by atoms with E-state index < -0.39 is 0 Å². The van der Waals surface area contributed by atoms with E-state index in [-0.39, 0.29) is 0 Å². The highest BCUT2D eigenvalue weighted by molar-refractivity contribution is 6.29. The van der Waals surface area contributed by atoms with Gasteiger partial charge >= 0.3 is 0 Å². The first-order chi connectivity index (χ1) is 8.20. The van der Waals surface area contributed by atoms with Crippen LogP contribution in [0.15, 0.2) is 30.3 Å². The van der Waals surface area contributed by atoms with E-state index in [1.807, 2.05) is 31.2 Å². The van der Waals surface area contributed by atoms with Crippen LogP contribution in [0, 0.1) is 6.92 Å². The minimum atomic E-state index is 0.458. The summed E-state index contributed by atoms with van der Waals surface area (Å²) in [6.07, 6.45) is 0. The molecule has 0 aliphatic heterocycles. The Morgan fingerprint density at radius 2 is 2.00 bits per heavy atom. The number of halogens is 1. The average Bonchev–Trinajstić information content (AvgIpc) is 2.29. The van der Waals surface area contributed by atoms with Crippen LogP contribution in [0.4, 0.5) is 0 Å². The maximum atomic E-state index is 5.95. The van der Waals surface area contributed by atoms with Gasteiger partial charge in [-0.2, -0.15) is 0 Å². The summed E-state index contributed by atoms with van der Waals surface area (Å²) in [5, 5.41) is 0.458. The van der Waals surface area contributed by atoms with Crippen LogP contribution in [0.3, 0.4) is 0 Å². The molecule has 0 bridgehead atoms. The fraction of sp³-hybridized carbons (Fsp3) is 0.231. The van der Waals surface area contributed by atoms with Gasteiger partial charge in [-0.05, 0) is 18.6 Å². The average molecular weight is 249 g/mol. The number of ether oxygens (including phenoxy) is 1. The lowest BCUT2D eigenvalue weighted by Crippen LogP contribution is -1.97. The smallest absolute Gasteiger partial charge is 0.161 e. The van der Waals surface area contributed by atoms with Crippen LogP contribution >= 0.6 is 11.6 Å². The molecule has 1 heterocycles. The number of hydrogen-bond donors (Lipinski definition) is 0. The van der Waals surface area contributed by atoms with Gasteiger partial charge in [0.05, 0.1) is 6.61 Å². The van der Waals surface area contributed by atoms with Gasteiger partial charge in [0.25, 0.3) is 0 Å². The van der Waals surface area contributed by atoms with Gasteiger partial charge in [0.15, 0.2) is 5.82 Å². The highest BCUT2D eigenvalue weighted by atomic mass is 35.5. The topological polar surface area (TPSA) is 35.0 Å². The number of aromatic nitrogens is 2. The molecule has 88 valence electrons. The standard InChI is InChI=1S/C13H13ClN2O/c1-9-7-12(14)16-13(15-9)11-6-4-3-5-10(11)8-17-2/h3-7H,8H2,1-2H3. The Balaban J connectivity index is 2.51. The van der Waals surface area contributed by atoms with Gasteiger partial charge in [-0.15, -0.1) is 0 Å². The number of rotatable bonds is 3. The Morgan fingerprint density at radius 3 is 2.71 bits per heavy atom. The van der Waals surface area contributed by atoms with Crippen LogP contribution in [0.2, 0.25) is 5.15 Å². The zero-order valence-corrected chi connectivity index (χ0v) is 10.5. The van der Waals surface area contributed by atoms with Crippen molar-refractivity contribution < 1.29 is 4.74 Å². The summed E-state index contributed by atoms with van der Waals surface area (Å²) in [5.74, 6) is 0.641. The van der Waals surface area contributed by atoms with Crippen molar-refractivity contribution >= 4 is 11.6 Å². The molecule has 17 heavy (non-hydrogen) atoms. The second-order valence-electron chi connectivity index (χ2n) is 3.75. The Labute approximate surface area is 105 Å². The number of nitrogens with zero attached hydrogens (tertiary/aromatic N) is 2. The lowest BCUT2D eigenvalue weighted by molar-refractivity contribution is 0.185. The maximum absolute atomic E-state index is 5.95. The predicted molar refractivity (Wildman–Crippen MR) is 67.9 cm³/mol. The maximum Gasteiger partial charge on any atom is 0.161 e. The van der Waals surface area contributed by atoms with E-state index in [4.69, 9.17) is 16.3 Å². The molecule has 0 fully saturated rings. The largest absolute Gasteiger partial charge is 0.380 e. The lowest BCUT2D eigenvalue weighted by atomic mass is 10.1. The zero-order valence-electron chi connectivity index (χ0n) is 9.77. The molecular weight excluding hydrogens is 236 g/mol. The molecule has 2 rings (SSSR count). The third-order valence-electron chi connectivity index (χ3n) is 2.38. The molecule has 0 saturated carbocycles. The molecule has 1 aromatic heterocycles. The van der Waals surface area contributed by atoms with E-state index in [0.717, 1.165) is 16.8 Å². The second kappa shape index (κ2) is 5.25. The third-order valence-corrected chi connectivity index (χ3v) is 2.57. The minimum absolute atomic E-state index is 0.458. The van der Waals surface area contributed by atoms with E-state index in [1.165, 1.54) is 0 Å². The molecule has 4 heteroatoms. The first kappa shape index (κ1) is 12.0. The quantitative estimate of drug-likeness (QED) is 0.782. The molecule has 0 spiro atoms. The first-order valence-electron chi connectivity index (χ1n) is 5.29. The van der Waals surface area contributed by atoms with Crippen molar-refractivity contribution in [2.45, 2.75) is 13.5 Å². The van der Waals surface area contributed by atoms with E-state index >= 15 is 0 Å². The highest BCUT2D eigenvalue weighted by Crippen LogP contribution is 2.22. The summed E-state index contributed by atoms with van der Waals surface area (Å²) in [6.45, 7) is 2.43. The van der Waals surface area contributed by atoms with Crippen LogP contribution in [-0.2, 0) is 11.3 Å². The third kappa shape index (κ3) is 2.81. The van der Waals surface area contributed by atoms with Crippen molar-refractivity contribution in [3.05, 3.63) is 46.7 Å². The molecule has 0 saturated heterocycles. The van der Waals surface area contributed by atoms with Gasteiger partial charge in [-0.1, -0.05) is 35.9 Å². The van der Waals surface area contributed by atoms with Gasteiger partial charge in [-0.25, -0.2) is 9.97 Å². The highest BCUT2D eigenvalue weighted by Gasteiger charge is 2.08. The summed E-state index contributed by atoms with van der Waals surface area (Å²) >= 11 is 5.95. The molecule has 0 amide bonds. The van der Waals surface area contributed by atoms with Gasteiger partial charge in [0.1, 0.15) is 5.15 Å². The molecular formula is C13H13ClN2O. The van der Waals surface area contributed by atoms with Gasteiger partial charge in [0.2, 0.25) is 0 Å². The van der Waals surface area contributed by atoms with E-state index in [2.05, 4.69) is 9.97 Å². The van der Waals surface area contributed by atoms with Crippen molar-refractivity contribution in [3.8, 4) is 11.4 Å². The minimum Gasteiger partial charge on any atom is -0.380 e. The number of benzene rings is 1. The normalized spacial score (nSPS) is 10.5. The van der Waals surface area contributed by atoms with Gasteiger partial charge < -0.3 is 4.74 Å². The summed E-state index contributed by atoms with van der Waals surface area (Å²) in [5.41, 5.74) is 2.86. The van der Waals surface area contributed by atoms with Crippen molar-refractivity contribution in [1.29, 1.82) is 0 Å². The summed E-state index contributed by atoms with van der Waals surface area (Å²) in [4.78, 5) is 8.64. The van der Waals surface area contributed by atoms with E-state index in [0.29, 0.717) is 17.6 Å². The molecule has 0 aliphatic rings. The van der Waals surface area contributed by atoms with E-state index in [1.54, 1.807) is 13.2 Å². The molecule has 0 unspecified atom stereocenters. The van der Waals surface area contributed by atoms with E-state index in [9.17, 15) is 0 Å². The van der Waals surface area contributed by atoms with Crippen LogP contribution < -0.4 is 0 Å². The molecule has 0 aliphatic carbocycles. The number of aryl methyl sites for hydroxylation is 1. The zero-order chi connectivity index (χ0) is 12.3. The van der Waals surface area contributed by atoms with Crippen LogP contribution in [0.5, 0.6) is 0 Å². The van der Waals surface area contributed by atoms with Crippen LogP contribution in [0.1, 0.15) is 11.3 Å². The Hall–Kier alpha value is -1.45. The summed E-state index contributed by atoms with van der Waals surface area (Å²) in [6, 6.07) is 9.63. The SMILES string of the molecule is COCc1ccccc1-c1nc(C)cc(Cl)n1. The summed E-state index contributed by atoms with van der Waals surface area (Å²) in [7, 11) is 1.67. The van der Waals surface area contributed by atoms with Crippen molar-refractivity contribution in [2.75, 3.05) is 7.11 Å². The molecule has 3 nitrogen and oxygen atoms in total. The fourth-order valence-corrected chi connectivity index (χ4v) is 1.91. The molecule has 0 atom stereocenters. The fourth-order valence-electron chi connectivity index (χ4n) is 1.67. The van der Waals surface area contributed by atoms with Crippen molar-refractivity contribution in [2.24, 2.45) is 0 Å². The Bertz CT molecular complexity index is 508. The Kier molecular flexibility index (Phi) is 3.71. The van der Waals surface area contributed by atoms with Crippen LogP contribution in [0.25, 0.3) is 11.4 Å². The van der Waals surface area contributed by atoms with Crippen LogP contribution in [-0.4, -0.2) is 17.1 Å². The van der Waals surface area contributed by atoms with Gasteiger partial charge in [0, 0.05) is 18.4 Å². The summed E-state index contributed by atoms with van der Waals surface area (Å²) < 4.78 is 5.16.